The van der Waals surface area contributed by atoms with Crippen molar-refractivity contribution in [3.63, 3.8) is 0 Å². The van der Waals surface area contributed by atoms with Crippen molar-refractivity contribution in [2.24, 2.45) is 0 Å². The minimum absolute atomic E-state index is 0.0554. The average Bonchev–Trinajstić information content (AvgIpc) is 2.71. The maximum Gasteiger partial charge on any atom is 0.256 e. The molecule has 0 radical (unpaired) electrons. The molecule has 0 spiro atoms. The van der Waals surface area contributed by atoms with E-state index in [0.29, 0.717) is 11.3 Å². The van der Waals surface area contributed by atoms with Crippen molar-refractivity contribution in [3.05, 3.63) is 89.0 Å². The number of aliphatic hydroxyl groups is 1. The summed E-state index contributed by atoms with van der Waals surface area (Å²) in [6.45, 7) is 1.58. The van der Waals surface area contributed by atoms with E-state index in [0.717, 1.165) is 12.1 Å². The number of carbonyl (C=O) groups is 1. The van der Waals surface area contributed by atoms with Crippen LogP contribution in [-0.2, 0) is 5.60 Å². The van der Waals surface area contributed by atoms with E-state index in [4.69, 9.17) is 0 Å². The maximum absolute atomic E-state index is 14.5. The lowest BCUT2D eigenvalue weighted by Crippen LogP contribution is -2.61. The zero-order valence-corrected chi connectivity index (χ0v) is 16.0. The molecular formula is C22H18F3N3O2. The zero-order chi connectivity index (χ0) is 21.5. The molecule has 0 unspecified atom stereocenters. The molecule has 2 aromatic carbocycles. The number of benzene rings is 2. The van der Waals surface area contributed by atoms with Gasteiger partial charge in [-0.3, -0.25) is 9.78 Å². The Kier molecular flexibility index (Phi) is 4.95. The molecule has 5 nitrogen and oxygen atoms in total. The lowest BCUT2D eigenvalue weighted by molar-refractivity contribution is -0.0892. The van der Waals surface area contributed by atoms with Crippen LogP contribution in [0.2, 0.25) is 0 Å². The van der Waals surface area contributed by atoms with Crippen molar-refractivity contribution in [3.8, 4) is 0 Å². The predicted molar refractivity (Wildman–Crippen MR) is 105 cm³/mol. The molecule has 3 aromatic rings. The van der Waals surface area contributed by atoms with Crippen LogP contribution in [0, 0.1) is 24.4 Å². The summed E-state index contributed by atoms with van der Waals surface area (Å²) in [5.74, 6) is -3.74. The molecular weight excluding hydrogens is 395 g/mol. The summed E-state index contributed by atoms with van der Waals surface area (Å²) < 4.78 is 42.6. The van der Waals surface area contributed by atoms with E-state index in [2.05, 4.69) is 10.3 Å². The van der Waals surface area contributed by atoms with Gasteiger partial charge in [-0.1, -0.05) is 12.1 Å². The Balaban J connectivity index is 1.62. The molecule has 1 aromatic heterocycles. The minimum Gasteiger partial charge on any atom is -0.380 e. The Bertz CT molecular complexity index is 1120. The van der Waals surface area contributed by atoms with Gasteiger partial charge in [0.25, 0.3) is 5.91 Å². The molecule has 0 atom stereocenters. The number of carbonyl (C=O) groups excluding carboxylic acids is 1. The summed E-state index contributed by atoms with van der Waals surface area (Å²) in [5, 5.41) is 13.2. The zero-order valence-electron chi connectivity index (χ0n) is 16.0. The average molecular weight is 413 g/mol. The lowest BCUT2D eigenvalue weighted by Gasteiger charge is -2.46. The topological polar surface area (TPSA) is 65.5 Å². The molecule has 0 saturated carbocycles. The van der Waals surface area contributed by atoms with E-state index in [1.165, 1.54) is 23.2 Å². The van der Waals surface area contributed by atoms with Crippen molar-refractivity contribution in [2.45, 2.75) is 12.5 Å². The highest BCUT2D eigenvalue weighted by Crippen LogP contribution is 2.34. The first kappa shape index (κ1) is 19.9. The SMILES string of the molecule is Cc1ccc(Nc2c(C(=O)N3CC(O)(c4ccccn4)C3)ccc(F)c2F)c(F)c1. The van der Waals surface area contributed by atoms with E-state index < -0.39 is 34.6 Å². The molecule has 1 aliphatic rings. The summed E-state index contributed by atoms with van der Waals surface area (Å²) in [4.78, 5) is 18.3. The summed E-state index contributed by atoms with van der Waals surface area (Å²) in [7, 11) is 0. The molecule has 154 valence electrons. The molecule has 2 heterocycles. The highest BCUT2D eigenvalue weighted by molar-refractivity contribution is 6.01. The van der Waals surface area contributed by atoms with Gasteiger partial charge in [-0.25, -0.2) is 13.2 Å². The van der Waals surface area contributed by atoms with Crippen LogP contribution in [0.1, 0.15) is 21.6 Å². The van der Waals surface area contributed by atoms with Gasteiger partial charge < -0.3 is 15.3 Å². The van der Waals surface area contributed by atoms with E-state index in [9.17, 15) is 23.1 Å². The fourth-order valence-corrected chi connectivity index (χ4v) is 3.41. The first-order valence-electron chi connectivity index (χ1n) is 9.23. The largest absolute Gasteiger partial charge is 0.380 e. The van der Waals surface area contributed by atoms with E-state index in [1.54, 1.807) is 31.2 Å². The standard InChI is InChI=1S/C22H18F3N3O2/c1-13-5-8-17(16(24)10-13)27-20-14(6-7-15(23)19(20)25)21(29)28-11-22(30,12-28)18-4-2-3-9-26-18/h2-10,27,30H,11-12H2,1H3. The Morgan fingerprint density at radius 2 is 1.87 bits per heavy atom. The predicted octanol–water partition coefficient (Wildman–Crippen LogP) is 3.89. The number of hydrogen-bond acceptors (Lipinski definition) is 4. The molecule has 1 amide bonds. The van der Waals surface area contributed by atoms with Crippen LogP contribution >= 0.6 is 0 Å². The number of nitrogens with zero attached hydrogens (tertiary/aromatic N) is 2. The number of amides is 1. The lowest BCUT2D eigenvalue weighted by atomic mass is 9.89. The van der Waals surface area contributed by atoms with Gasteiger partial charge in [0.2, 0.25) is 0 Å². The fraction of sp³-hybridized carbons (Fsp3) is 0.182. The molecule has 4 rings (SSSR count). The number of anilines is 2. The number of halogens is 3. The smallest absolute Gasteiger partial charge is 0.256 e. The Labute approximate surface area is 170 Å². The number of aromatic nitrogens is 1. The highest BCUT2D eigenvalue weighted by atomic mass is 19.2. The van der Waals surface area contributed by atoms with Crippen LogP contribution in [0.5, 0.6) is 0 Å². The fourth-order valence-electron chi connectivity index (χ4n) is 3.41. The van der Waals surface area contributed by atoms with Gasteiger partial charge in [-0.2, -0.15) is 0 Å². The number of rotatable bonds is 4. The molecule has 1 fully saturated rings. The van der Waals surface area contributed by atoms with Gasteiger partial charge in [-0.15, -0.1) is 0 Å². The van der Waals surface area contributed by atoms with Crippen molar-refractivity contribution < 1.29 is 23.1 Å². The van der Waals surface area contributed by atoms with Crippen LogP contribution in [0.4, 0.5) is 24.5 Å². The third kappa shape index (κ3) is 3.50. The maximum atomic E-state index is 14.5. The van der Waals surface area contributed by atoms with Crippen molar-refractivity contribution >= 4 is 17.3 Å². The molecule has 2 N–H and O–H groups in total. The Hall–Kier alpha value is -3.39. The second-order valence-corrected chi connectivity index (χ2v) is 7.30. The number of hydrogen-bond donors (Lipinski definition) is 2. The normalized spacial score (nSPS) is 14.9. The van der Waals surface area contributed by atoms with Gasteiger partial charge >= 0.3 is 0 Å². The minimum atomic E-state index is -1.31. The van der Waals surface area contributed by atoms with Crippen LogP contribution in [0.3, 0.4) is 0 Å². The van der Waals surface area contributed by atoms with Gasteiger partial charge in [0, 0.05) is 6.20 Å². The first-order chi connectivity index (χ1) is 14.3. The number of β-amino-alcohol motifs (C(OH)–C–C–N with tert-alkyl or cyclic N) is 1. The molecule has 0 bridgehead atoms. The number of nitrogens with one attached hydrogen (secondary N) is 1. The third-order valence-electron chi connectivity index (χ3n) is 5.04. The Morgan fingerprint density at radius 1 is 1.10 bits per heavy atom. The number of likely N-dealkylation sites (tertiary alicyclic amines) is 1. The van der Waals surface area contributed by atoms with E-state index >= 15 is 0 Å². The molecule has 1 saturated heterocycles. The second-order valence-electron chi connectivity index (χ2n) is 7.30. The summed E-state index contributed by atoms with van der Waals surface area (Å²) in [6, 6.07) is 11.3. The monoisotopic (exact) mass is 413 g/mol. The highest BCUT2D eigenvalue weighted by Gasteiger charge is 2.46. The molecule has 1 aliphatic heterocycles. The van der Waals surface area contributed by atoms with Gasteiger partial charge in [-0.05, 0) is 48.9 Å². The van der Waals surface area contributed by atoms with Crippen molar-refractivity contribution in [2.75, 3.05) is 18.4 Å². The van der Waals surface area contributed by atoms with Gasteiger partial charge in [0.15, 0.2) is 11.6 Å². The molecule has 0 aliphatic carbocycles. The van der Waals surface area contributed by atoms with Crippen molar-refractivity contribution in [1.29, 1.82) is 0 Å². The van der Waals surface area contributed by atoms with Crippen LogP contribution in [0.15, 0.2) is 54.7 Å². The Morgan fingerprint density at radius 3 is 2.53 bits per heavy atom. The second kappa shape index (κ2) is 7.46. The summed E-state index contributed by atoms with van der Waals surface area (Å²) in [6.07, 6.45) is 1.53. The first-order valence-corrected chi connectivity index (χ1v) is 9.23. The van der Waals surface area contributed by atoms with Crippen LogP contribution < -0.4 is 5.32 Å². The molecule has 30 heavy (non-hydrogen) atoms. The van der Waals surface area contributed by atoms with Crippen LogP contribution in [0.25, 0.3) is 0 Å². The summed E-state index contributed by atoms with van der Waals surface area (Å²) >= 11 is 0. The van der Waals surface area contributed by atoms with Crippen LogP contribution in [-0.4, -0.2) is 34.0 Å². The third-order valence-corrected chi connectivity index (χ3v) is 5.04. The molecule has 8 heteroatoms. The van der Waals surface area contributed by atoms with E-state index in [-0.39, 0.29) is 24.3 Å². The van der Waals surface area contributed by atoms with Gasteiger partial charge in [0.1, 0.15) is 11.4 Å². The quantitative estimate of drug-likeness (QED) is 0.681. The number of aryl methyl sites for hydroxylation is 1. The number of pyridine rings is 1. The summed E-state index contributed by atoms with van der Waals surface area (Å²) in [5.41, 5.74) is -0.963. The van der Waals surface area contributed by atoms with Gasteiger partial charge in [0.05, 0.1) is 35.7 Å². The van der Waals surface area contributed by atoms with E-state index in [1.807, 2.05) is 0 Å². The van der Waals surface area contributed by atoms with Crippen molar-refractivity contribution in [1.82, 2.24) is 9.88 Å².